The van der Waals surface area contributed by atoms with Crippen LogP contribution in [0.3, 0.4) is 0 Å². The molecule has 0 radical (unpaired) electrons. The number of hydrogen-bond acceptors (Lipinski definition) is 8. The second-order valence-electron chi connectivity index (χ2n) is 9.57. The van der Waals surface area contributed by atoms with E-state index in [-0.39, 0.29) is 26.3 Å². The molecular weight excluding hydrogens is 536 g/mol. The third-order valence-electron chi connectivity index (χ3n) is 6.41. The predicted molar refractivity (Wildman–Crippen MR) is 154 cm³/mol. The maximum absolute atomic E-state index is 13.3. The smallest absolute Gasteiger partial charge is 0.252 e. The van der Waals surface area contributed by atoms with Crippen molar-refractivity contribution < 1.29 is 29.3 Å². The number of nitrogens with zero attached hydrogens (tertiary/aromatic N) is 2. The minimum absolute atomic E-state index is 0.0155. The summed E-state index contributed by atoms with van der Waals surface area (Å²) >= 11 is 0. The highest BCUT2D eigenvalue weighted by atomic mass is 16.5. The molecule has 2 aromatic heterocycles. The molecule has 42 heavy (non-hydrogen) atoms. The lowest BCUT2D eigenvalue weighted by Gasteiger charge is -2.30. The summed E-state index contributed by atoms with van der Waals surface area (Å²) in [5.41, 5.74) is 2.99. The largest absolute Gasteiger partial charge is 0.387 e. The molecule has 0 unspecified atom stereocenters. The van der Waals surface area contributed by atoms with Gasteiger partial charge in [0.15, 0.2) is 12.2 Å². The molecule has 0 aliphatic heterocycles. The van der Waals surface area contributed by atoms with Crippen LogP contribution in [-0.2, 0) is 45.4 Å². The Balaban J connectivity index is 1.51. The molecule has 0 spiro atoms. The summed E-state index contributed by atoms with van der Waals surface area (Å²) in [6.07, 6.45) is -0.230. The Morgan fingerprint density at radius 2 is 0.976 bits per heavy atom. The van der Waals surface area contributed by atoms with Crippen molar-refractivity contribution in [3.63, 3.8) is 0 Å². The summed E-state index contributed by atoms with van der Waals surface area (Å²) in [4.78, 5) is 34.7. The second-order valence-corrected chi connectivity index (χ2v) is 9.57. The number of carbonyl (C=O) groups excluding carboxylic acids is 2. The Labute approximate surface area is 244 Å². The number of aliphatic hydroxyl groups is 2. The highest BCUT2D eigenvalue weighted by molar-refractivity contribution is 5.83. The Kier molecular flexibility index (Phi) is 11.7. The fourth-order valence-corrected chi connectivity index (χ4v) is 4.12. The van der Waals surface area contributed by atoms with Gasteiger partial charge in [0.05, 0.1) is 13.2 Å². The molecule has 10 nitrogen and oxygen atoms in total. The average molecular weight is 571 g/mol. The van der Waals surface area contributed by atoms with Crippen LogP contribution in [0.2, 0.25) is 0 Å². The standard InChI is InChI=1S/C32H34N4O6/c37-27(29(41-21-23-9-3-1-4-10-23)31(39)35-19-25-13-7-15-33-17-25)28(38)30(42-22-24-11-5-2-6-12-24)32(40)36-20-26-14-8-16-34-18-26/h1-18,27-30,37-38H,19-22H2,(H,35,39)(H,36,40)/t27-,28-,29-,30-/m1/s1. The first-order valence-electron chi connectivity index (χ1n) is 13.5. The van der Waals surface area contributed by atoms with Crippen LogP contribution in [0.4, 0.5) is 0 Å². The van der Waals surface area contributed by atoms with Gasteiger partial charge in [-0.3, -0.25) is 19.6 Å². The van der Waals surface area contributed by atoms with Crippen LogP contribution < -0.4 is 10.6 Å². The molecule has 2 amide bonds. The van der Waals surface area contributed by atoms with Crippen LogP contribution in [-0.4, -0.2) is 56.4 Å². The summed E-state index contributed by atoms with van der Waals surface area (Å²) in [6, 6.07) is 25.3. The summed E-state index contributed by atoms with van der Waals surface area (Å²) in [5, 5.41) is 28.1. The Bertz CT molecular complexity index is 1260. The summed E-state index contributed by atoms with van der Waals surface area (Å²) < 4.78 is 11.7. The van der Waals surface area contributed by atoms with E-state index in [1.165, 1.54) is 0 Å². The van der Waals surface area contributed by atoms with Gasteiger partial charge in [-0.1, -0.05) is 72.8 Å². The zero-order valence-electron chi connectivity index (χ0n) is 23.0. The Morgan fingerprint density at radius 1 is 0.595 bits per heavy atom. The number of hydrogen-bond donors (Lipinski definition) is 4. The SMILES string of the molecule is O=C(NCc1cccnc1)[C@H](OCc1ccccc1)[C@H](O)[C@@H](O)[C@@H](OCc1ccccc1)C(=O)NCc1cccnc1. The van der Waals surface area contributed by atoms with Crippen LogP contribution in [0.1, 0.15) is 22.3 Å². The van der Waals surface area contributed by atoms with E-state index >= 15 is 0 Å². The van der Waals surface area contributed by atoms with Crippen LogP contribution in [0.25, 0.3) is 0 Å². The zero-order chi connectivity index (χ0) is 29.6. The fourth-order valence-electron chi connectivity index (χ4n) is 4.12. The van der Waals surface area contributed by atoms with Crippen LogP contribution in [0.5, 0.6) is 0 Å². The first kappa shape index (κ1) is 30.5. The van der Waals surface area contributed by atoms with Gasteiger partial charge in [-0.25, -0.2) is 0 Å². The Morgan fingerprint density at radius 3 is 1.33 bits per heavy atom. The van der Waals surface area contributed by atoms with Crippen molar-refractivity contribution in [3.8, 4) is 0 Å². The minimum atomic E-state index is -1.81. The van der Waals surface area contributed by atoms with Gasteiger partial charge in [-0.2, -0.15) is 0 Å². The molecule has 10 heteroatoms. The fraction of sp³-hybridized carbons (Fsp3) is 0.250. The quantitative estimate of drug-likeness (QED) is 0.171. The van der Waals surface area contributed by atoms with Crippen LogP contribution >= 0.6 is 0 Å². The number of ether oxygens (including phenoxy) is 2. The van der Waals surface area contributed by atoms with Crippen molar-refractivity contribution in [2.75, 3.05) is 0 Å². The third kappa shape index (κ3) is 9.28. The first-order chi connectivity index (χ1) is 20.5. The number of pyridine rings is 2. The molecule has 2 aromatic carbocycles. The molecule has 218 valence electrons. The average Bonchev–Trinajstić information content (AvgIpc) is 3.04. The molecule has 4 aromatic rings. The molecule has 0 saturated carbocycles. The van der Waals surface area contributed by atoms with Gasteiger partial charge in [0.1, 0.15) is 12.2 Å². The lowest BCUT2D eigenvalue weighted by Crippen LogP contribution is -2.55. The highest BCUT2D eigenvalue weighted by Gasteiger charge is 2.40. The number of nitrogens with one attached hydrogen (secondary N) is 2. The van der Waals surface area contributed by atoms with E-state index in [1.807, 2.05) is 60.7 Å². The van der Waals surface area contributed by atoms with E-state index in [4.69, 9.17) is 9.47 Å². The summed E-state index contributed by atoms with van der Waals surface area (Å²) in [6.45, 7) is 0.219. The normalized spacial score (nSPS) is 13.9. The maximum Gasteiger partial charge on any atom is 0.252 e. The molecule has 4 N–H and O–H groups in total. The van der Waals surface area contributed by atoms with Gasteiger partial charge in [0, 0.05) is 37.9 Å². The monoisotopic (exact) mass is 570 g/mol. The third-order valence-corrected chi connectivity index (χ3v) is 6.41. The van der Waals surface area contributed by atoms with Crippen molar-refractivity contribution in [3.05, 3.63) is 132 Å². The minimum Gasteiger partial charge on any atom is -0.387 e. The first-order valence-corrected chi connectivity index (χ1v) is 13.5. The highest BCUT2D eigenvalue weighted by Crippen LogP contribution is 2.16. The molecule has 4 atom stereocenters. The van der Waals surface area contributed by atoms with E-state index < -0.39 is 36.2 Å². The van der Waals surface area contributed by atoms with Crippen LogP contribution in [0, 0.1) is 0 Å². The Hall–Kier alpha value is -4.48. The molecule has 0 aliphatic carbocycles. The van der Waals surface area contributed by atoms with E-state index in [1.54, 1.807) is 49.1 Å². The second kappa shape index (κ2) is 16.1. The number of amides is 2. The summed E-state index contributed by atoms with van der Waals surface area (Å²) in [7, 11) is 0. The van der Waals surface area contributed by atoms with Gasteiger partial charge in [-0.15, -0.1) is 0 Å². The number of benzene rings is 2. The van der Waals surface area contributed by atoms with Gasteiger partial charge >= 0.3 is 0 Å². The van der Waals surface area contributed by atoms with Crippen molar-refractivity contribution in [1.29, 1.82) is 0 Å². The summed E-state index contributed by atoms with van der Waals surface area (Å²) in [5.74, 6) is -1.34. The van der Waals surface area contributed by atoms with Gasteiger partial charge in [0.2, 0.25) is 0 Å². The van der Waals surface area contributed by atoms with E-state index in [0.29, 0.717) is 0 Å². The maximum atomic E-state index is 13.3. The molecule has 0 saturated heterocycles. The molecule has 4 rings (SSSR count). The number of aliphatic hydroxyl groups excluding tert-OH is 2. The molecule has 0 fully saturated rings. The van der Waals surface area contributed by atoms with Crippen molar-refractivity contribution in [1.82, 2.24) is 20.6 Å². The van der Waals surface area contributed by atoms with Crippen molar-refractivity contribution in [2.24, 2.45) is 0 Å². The van der Waals surface area contributed by atoms with E-state index in [9.17, 15) is 19.8 Å². The topological polar surface area (TPSA) is 143 Å². The van der Waals surface area contributed by atoms with Gasteiger partial charge in [-0.05, 0) is 34.4 Å². The van der Waals surface area contributed by atoms with Crippen molar-refractivity contribution in [2.45, 2.75) is 50.7 Å². The molecule has 2 heterocycles. The number of carbonyl (C=O) groups is 2. The number of rotatable bonds is 15. The van der Waals surface area contributed by atoms with E-state index in [0.717, 1.165) is 22.3 Å². The predicted octanol–water partition coefficient (Wildman–Crippen LogP) is 2.30. The van der Waals surface area contributed by atoms with Crippen LogP contribution in [0.15, 0.2) is 110 Å². The zero-order valence-corrected chi connectivity index (χ0v) is 23.0. The molecule has 0 aliphatic rings. The lowest BCUT2D eigenvalue weighted by molar-refractivity contribution is -0.170. The molecule has 0 bridgehead atoms. The lowest BCUT2D eigenvalue weighted by atomic mass is 10.0. The van der Waals surface area contributed by atoms with E-state index in [2.05, 4.69) is 20.6 Å². The van der Waals surface area contributed by atoms with Crippen molar-refractivity contribution >= 4 is 11.8 Å². The molecular formula is C32H34N4O6. The number of aromatic nitrogens is 2. The van der Waals surface area contributed by atoms with Gasteiger partial charge < -0.3 is 30.3 Å². The van der Waals surface area contributed by atoms with Gasteiger partial charge in [0.25, 0.3) is 11.8 Å².